The zero-order valence-electron chi connectivity index (χ0n) is 10.8. The zero-order valence-corrected chi connectivity index (χ0v) is 11.6. The Kier molecular flexibility index (Phi) is 4.33. The second kappa shape index (κ2) is 5.98. The molecule has 0 aromatic carbocycles. The molecule has 0 fully saturated rings. The minimum Gasteiger partial charge on any atom is -0.314 e. The molecule has 2 heterocycles. The van der Waals surface area contributed by atoms with Crippen LogP contribution in [0.4, 0.5) is 0 Å². The zero-order chi connectivity index (χ0) is 13.0. The molecule has 0 bridgehead atoms. The molecule has 0 amide bonds. The Bertz CT molecular complexity index is 571. The summed E-state index contributed by atoms with van der Waals surface area (Å²) >= 11 is 1.81. The Morgan fingerprint density at radius 2 is 2.11 bits per heavy atom. The van der Waals surface area contributed by atoms with Crippen molar-refractivity contribution in [3.63, 3.8) is 0 Å². The number of nitrogens with zero attached hydrogens (tertiary/aromatic N) is 1. The highest BCUT2D eigenvalue weighted by atomic mass is 32.1. The molecule has 2 aromatic rings. The van der Waals surface area contributed by atoms with Gasteiger partial charge in [-0.15, -0.1) is 11.3 Å². The number of pyridine rings is 1. The largest absolute Gasteiger partial charge is 0.314 e. The summed E-state index contributed by atoms with van der Waals surface area (Å²) in [6.45, 7) is 6.35. The van der Waals surface area contributed by atoms with Crippen molar-refractivity contribution in [2.75, 3.05) is 6.54 Å². The first kappa shape index (κ1) is 13.1. The standard InChI is InChI=1S/C14H18N2OS/c1-11-4-3-8-16(14(11)17)9-7-15-10-13-6-5-12(2)18-13/h3-6,8,15H,7,9-10H2,1-2H3. The molecule has 96 valence electrons. The van der Waals surface area contributed by atoms with Crippen molar-refractivity contribution in [3.05, 3.63) is 56.1 Å². The van der Waals surface area contributed by atoms with Crippen LogP contribution in [0, 0.1) is 13.8 Å². The number of aromatic nitrogens is 1. The van der Waals surface area contributed by atoms with Crippen LogP contribution in [-0.4, -0.2) is 11.1 Å². The van der Waals surface area contributed by atoms with E-state index in [9.17, 15) is 4.79 Å². The molecular weight excluding hydrogens is 244 g/mol. The molecule has 0 radical (unpaired) electrons. The first-order chi connectivity index (χ1) is 8.66. The van der Waals surface area contributed by atoms with Gasteiger partial charge in [0.25, 0.3) is 5.56 Å². The molecule has 1 N–H and O–H groups in total. The predicted molar refractivity (Wildman–Crippen MR) is 76.2 cm³/mol. The third-order valence-electron chi connectivity index (χ3n) is 2.84. The molecule has 2 rings (SSSR count). The van der Waals surface area contributed by atoms with Crippen LogP contribution in [0.25, 0.3) is 0 Å². The third kappa shape index (κ3) is 3.31. The summed E-state index contributed by atoms with van der Waals surface area (Å²) in [5, 5.41) is 3.36. The maximum absolute atomic E-state index is 11.8. The van der Waals surface area contributed by atoms with Gasteiger partial charge in [0.1, 0.15) is 0 Å². The molecule has 0 saturated heterocycles. The number of aryl methyl sites for hydroxylation is 2. The van der Waals surface area contributed by atoms with Crippen molar-refractivity contribution in [2.24, 2.45) is 0 Å². The summed E-state index contributed by atoms with van der Waals surface area (Å²) in [4.78, 5) is 14.4. The summed E-state index contributed by atoms with van der Waals surface area (Å²) in [5.41, 5.74) is 0.901. The minimum absolute atomic E-state index is 0.103. The fourth-order valence-corrected chi connectivity index (χ4v) is 2.68. The normalized spacial score (nSPS) is 10.8. The van der Waals surface area contributed by atoms with Crippen LogP contribution < -0.4 is 10.9 Å². The lowest BCUT2D eigenvalue weighted by molar-refractivity contribution is 0.586. The number of hydrogen-bond acceptors (Lipinski definition) is 3. The molecule has 4 heteroatoms. The van der Waals surface area contributed by atoms with Gasteiger partial charge in [-0.1, -0.05) is 6.07 Å². The molecule has 0 spiro atoms. The number of hydrogen-bond donors (Lipinski definition) is 1. The molecule has 0 aliphatic heterocycles. The smallest absolute Gasteiger partial charge is 0.253 e. The quantitative estimate of drug-likeness (QED) is 0.839. The van der Waals surface area contributed by atoms with E-state index in [1.807, 2.05) is 36.6 Å². The van der Waals surface area contributed by atoms with Crippen LogP contribution in [-0.2, 0) is 13.1 Å². The van der Waals surface area contributed by atoms with E-state index in [1.54, 1.807) is 4.57 Å². The lowest BCUT2D eigenvalue weighted by atomic mass is 10.3. The third-order valence-corrected chi connectivity index (χ3v) is 3.84. The number of thiophene rings is 1. The molecule has 2 aromatic heterocycles. The Morgan fingerprint density at radius 3 is 2.83 bits per heavy atom. The summed E-state index contributed by atoms with van der Waals surface area (Å²) in [7, 11) is 0. The van der Waals surface area contributed by atoms with E-state index in [2.05, 4.69) is 24.4 Å². The van der Waals surface area contributed by atoms with Crippen LogP contribution >= 0.6 is 11.3 Å². The van der Waals surface area contributed by atoms with Crippen LogP contribution in [0.2, 0.25) is 0 Å². The van der Waals surface area contributed by atoms with Crippen LogP contribution in [0.1, 0.15) is 15.3 Å². The van der Waals surface area contributed by atoms with E-state index in [0.717, 1.165) is 18.7 Å². The molecule has 0 atom stereocenters. The van der Waals surface area contributed by atoms with Gasteiger partial charge in [0.2, 0.25) is 0 Å². The average molecular weight is 262 g/mol. The lowest BCUT2D eigenvalue weighted by Gasteiger charge is -2.07. The lowest BCUT2D eigenvalue weighted by Crippen LogP contribution is -2.27. The van der Waals surface area contributed by atoms with E-state index in [-0.39, 0.29) is 5.56 Å². The Labute approximate surface area is 111 Å². The highest BCUT2D eigenvalue weighted by molar-refractivity contribution is 7.11. The number of rotatable bonds is 5. The van der Waals surface area contributed by atoms with Crippen molar-refractivity contribution in [1.29, 1.82) is 0 Å². The van der Waals surface area contributed by atoms with Crippen LogP contribution in [0.5, 0.6) is 0 Å². The topological polar surface area (TPSA) is 34.0 Å². The van der Waals surface area contributed by atoms with Gasteiger partial charge < -0.3 is 9.88 Å². The molecule has 0 unspecified atom stereocenters. The maximum atomic E-state index is 11.8. The summed E-state index contributed by atoms with van der Waals surface area (Å²) in [5.74, 6) is 0. The van der Waals surface area contributed by atoms with Crippen molar-refractivity contribution >= 4 is 11.3 Å². The van der Waals surface area contributed by atoms with E-state index < -0.39 is 0 Å². The fraction of sp³-hybridized carbons (Fsp3) is 0.357. The van der Waals surface area contributed by atoms with Crippen molar-refractivity contribution in [1.82, 2.24) is 9.88 Å². The van der Waals surface area contributed by atoms with Gasteiger partial charge >= 0.3 is 0 Å². The van der Waals surface area contributed by atoms with Gasteiger partial charge in [-0.2, -0.15) is 0 Å². The minimum atomic E-state index is 0.103. The Balaban J connectivity index is 1.82. The predicted octanol–water partition coefficient (Wildman–Crippen LogP) is 2.32. The first-order valence-electron chi connectivity index (χ1n) is 6.09. The van der Waals surface area contributed by atoms with Gasteiger partial charge in [-0.3, -0.25) is 4.79 Å². The monoisotopic (exact) mass is 262 g/mol. The molecule has 0 saturated carbocycles. The van der Waals surface area contributed by atoms with Crippen LogP contribution in [0.15, 0.2) is 35.3 Å². The average Bonchev–Trinajstić information content (AvgIpc) is 2.76. The van der Waals surface area contributed by atoms with Crippen LogP contribution in [0.3, 0.4) is 0 Å². The molecule has 0 aliphatic carbocycles. The highest BCUT2D eigenvalue weighted by Gasteiger charge is 1.99. The van der Waals surface area contributed by atoms with E-state index in [1.165, 1.54) is 9.75 Å². The van der Waals surface area contributed by atoms with Gasteiger partial charge in [0.05, 0.1) is 0 Å². The number of nitrogens with one attached hydrogen (secondary N) is 1. The van der Waals surface area contributed by atoms with Gasteiger partial charge in [-0.25, -0.2) is 0 Å². The van der Waals surface area contributed by atoms with Gasteiger partial charge in [0, 0.05) is 41.1 Å². The fourth-order valence-electron chi connectivity index (χ4n) is 1.82. The van der Waals surface area contributed by atoms with E-state index in [0.29, 0.717) is 6.54 Å². The second-order valence-electron chi connectivity index (χ2n) is 4.38. The van der Waals surface area contributed by atoms with E-state index >= 15 is 0 Å². The van der Waals surface area contributed by atoms with Crippen molar-refractivity contribution in [3.8, 4) is 0 Å². The molecule has 3 nitrogen and oxygen atoms in total. The molecule has 18 heavy (non-hydrogen) atoms. The maximum Gasteiger partial charge on any atom is 0.253 e. The summed E-state index contributed by atoms with van der Waals surface area (Å²) in [6.07, 6.45) is 1.84. The summed E-state index contributed by atoms with van der Waals surface area (Å²) in [6, 6.07) is 8.04. The SMILES string of the molecule is Cc1ccc(CNCCn2cccc(C)c2=O)s1. The molecule has 0 aliphatic rings. The first-order valence-corrected chi connectivity index (χ1v) is 6.90. The molecular formula is C14H18N2OS. The second-order valence-corrected chi connectivity index (χ2v) is 5.75. The van der Waals surface area contributed by atoms with Gasteiger partial charge in [0.15, 0.2) is 0 Å². The highest BCUT2D eigenvalue weighted by Crippen LogP contribution is 2.14. The van der Waals surface area contributed by atoms with Gasteiger partial charge in [-0.05, 0) is 32.0 Å². The Morgan fingerprint density at radius 1 is 1.28 bits per heavy atom. The summed E-state index contributed by atoms with van der Waals surface area (Å²) < 4.78 is 1.75. The Hall–Kier alpha value is -1.39. The van der Waals surface area contributed by atoms with Crippen molar-refractivity contribution < 1.29 is 0 Å². The van der Waals surface area contributed by atoms with Crippen molar-refractivity contribution in [2.45, 2.75) is 26.9 Å². The van der Waals surface area contributed by atoms with E-state index in [4.69, 9.17) is 0 Å².